The summed E-state index contributed by atoms with van der Waals surface area (Å²) in [5, 5.41) is 6.52. The molecule has 0 spiro atoms. The maximum absolute atomic E-state index is 12.0. The minimum Gasteiger partial charge on any atom is -0.354 e. The Morgan fingerprint density at radius 1 is 1.28 bits per heavy atom. The van der Waals surface area contributed by atoms with Gasteiger partial charge in [-0.3, -0.25) is 4.79 Å². The Labute approximate surface area is 112 Å². The Kier molecular flexibility index (Phi) is 5.64. The van der Waals surface area contributed by atoms with Gasteiger partial charge in [-0.2, -0.15) is 0 Å². The molecule has 0 aliphatic heterocycles. The van der Waals surface area contributed by atoms with Gasteiger partial charge in [-0.15, -0.1) is 0 Å². The molecule has 0 bridgehead atoms. The Morgan fingerprint density at radius 3 is 2.50 bits per heavy atom. The lowest BCUT2D eigenvalue weighted by atomic mass is 9.73. The van der Waals surface area contributed by atoms with Crippen molar-refractivity contribution in [2.75, 3.05) is 6.54 Å². The van der Waals surface area contributed by atoms with Crippen LogP contribution >= 0.6 is 0 Å². The fraction of sp³-hybridized carbons (Fsp3) is 0.933. The molecule has 0 radical (unpaired) electrons. The first-order valence-electron chi connectivity index (χ1n) is 7.36. The van der Waals surface area contributed by atoms with E-state index >= 15 is 0 Å². The van der Waals surface area contributed by atoms with E-state index < -0.39 is 0 Å². The van der Waals surface area contributed by atoms with E-state index in [9.17, 15) is 4.79 Å². The van der Waals surface area contributed by atoms with Gasteiger partial charge in [-0.1, -0.05) is 40.5 Å². The zero-order valence-electron chi connectivity index (χ0n) is 12.7. The molecule has 0 heterocycles. The van der Waals surface area contributed by atoms with Gasteiger partial charge in [-0.25, -0.2) is 0 Å². The lowest BCUT2D eigenvalue weighted by molar-refractivity contribution is -0.123. The minimum atomic E-state index is -0.0916. The van der Waals surface area contributed by atoms with Crippen LogP contribution in [-0.4, -0.2) is 24.5 Å². The Morgan fingerprint density at radius 2 is 1.94 bits per heavy atom. The Bertz CT molecular complexity index is 274. The molecule has 1 fully saturated rings. The van der Waals surface area contributed by atoms with Crippen molar-refractivity contribution in [1.82, 2.24) is 10.6 Å². The van der Waals surface area contributed by atoms with Crippen molar-refractivity contribution in [3.8, 4) is 0 Å². The summed E-state index contributed by atoms with van der Waals surface area (Å²) in [5.41, 5.74) is 0.310. The molecule has 1 aliphatic rings. The predicted molar refractivity (Wildman–Crippen MR) is 76.5 cm³/mol. The molecule has 1 rings (SSSR count). The molecule has 0 saturated heterocycles. The van der Waals surface area contributed by atoms with E-state index in [2.05, 4.69) is 38.3 Å². The van der Waals surface area contributed by atoms with Crippen LogP contribution in [0.3, 0.4) is 0 Å². The second-order valence-corrected chi connectivity index (χ2v) is 6.81. The molecular formula is C15H30N2O. The summed E-state index contributed by atoms with van der Waals surface area (Å²) in [7, 11) is 0. The smallest absolute Gasteiger partial charge is 0.236 e. The number of carbonyl (C=O) groups is 1. The molecule has 18 heavy (non-hydrogen) atoms. The van der Waals surface area contributed by atoms with E-state index in [-0.39, 0.29) is 11.9 Å². The Hall–Kier alpha value is -0.570. The molecule has 0 aromatic heterocycles. The largest absolute Gasteiger partial charge is 0.354 e. The summed E-state index contributed by atoms with van der Waals surface area (Å²) >= 11 is 0. The van der Waals surface area contributed by atoms with Gasteiger partial charge in [-0.05, 0) is 31.1 Å². The summed E-state index contributed by atoms with van der Waals surface area (Å²) < 4.78 is 0. The van der Waals surface area contributed by atoms with Crippen LogP contribution in [0.1, 0.15) is 60.3 Å². The van der Waals surface area contributed by atoms with E-state index in [1.807, 2.05) is 6.92 Å². The lowest BCUT2D eigenvalue weighted by Crippen LogP contribution is -2.52. The van der Waals surface area contributed by atoms with Crippen LogP contribution in [0.2, 0.25) is 0 Å². The highest BCUT2D eigenvalue weighted by Crippen LogP contribution is 2.35. The third-order valence-corrected chi connectivity index (χ3v) is 4.04. The second kappa shape index (κ2) is 6.55. The fourth-order valence-electron chi connectivity index (χ4n) is 2.64. The molecule has 1 saturated carbocycles. The van der Waals surface area contributed by atoms with E-state index in [0.29, 0.717) is 17.4 Å². The van der Waals surface area contributed by atoms with Crippen LogP contribution < -0.4 is 10.6 Å². The highest BCUT2D eigenvalue weighted by Gasteiger charge is 2.33. The maximum Gasteiger partial charge on any atom is 0.236 e. The van der Waals surface area contributed by atoms with Crippen LogP contribution in [0.4, 0.5) is 0 Å². The van der Waals surface area contributed by atoms with E-state index in [4.69, 9.17) is 0 Å². The first-order chi connectivity index (χ1) is 8.33. The van der Waals surface area contributed by atoms with Crippen molar-refractivity contribution in [3.63, 3.8) is 0 Å². The number of rotatable bonds is 5. The van der Waals surface area contributed by atoms with Gasteiger partial charge in [0.2, 0.25) is 5.91 Å². The highest BCUT2D eigenvalue weighted by atomic mass is 16.2. The van der Waals surface area contributed by atoms with Crippen LogP contribution in [0, 0.1) is 11.3 Å². The van der Waals surface area contributed by atoms with Gasteiger partial charge in [0.15, 0.2) is 0 Å². The minimum absolute atomic E-state index is 0.0916. The average Bonchev–Trinajstić information content (AvgIpc) is 2.28. The van der Waals surface area contributed by atoms with Gasteiger partial charge in [0, 0.05) is 12.6 Å². The normalized spacial score (nSPS) is 24.9. The molecular weight excluding hydrogens is 224 g/mol. The van der Waals surface area contributed by atoms with Crippen LogP contribution in [0.5, 0.6) is 0 Å². The molecule has 2 atom stereocenters. The molecule has 3 heteroatoms. The van der Waals surface area contributed by atoms with Crippen LogP contribution in [0.15, 0.2) is 0 Å². The standard InChI is InChI=1S/C15H30N2O/c1-11(2)10-16-14(18)12(3)17-13-8-6-7-9-15(13,4)5/h11-13,17H,6-10H2,1-5H3,(H,16,18). The van der Waals surface area contributed by atoms with E-state index in [0.717, 1.165) is 6.54 Å². The van der Waals surface area contributed by atoms with Gasteiger partial charge >= 0.3 is 0 Å². The molecule has 2 unspecified atom stereocenters. The van der Waals surface area contributed by atoms with E-state index in [1.54, 1.807) is 0 Å². The number of hydrogen-bond donors (Lipinski definition) is 2. The van der Waals surface area contributed by atoms with Gasteiger partial charge in [0.05, 0.1) is 6.04 Å². The number of carbonyl (C=O) groups excluding carboxylic acids is 1. The first kappa shape index (κ1) is 15.5. The average molecular weight is 254 g/mol. The molecule has 1 aliphatic carbocycles. The van der Waals surface area contributed by atoms with Gasteiger partial charge in [0.25, 0.3) is 0 Å². The number of hydrogen-bond acceptors (Lipinski definition) is 2. The molecule has 106 valence electrons. The highest BCUT2D eigenvalue weighted by molar-refractivity contribution is 5.81. The quantitative estimate of drug-likeness (QED) is 0.792. The summed E-state index contributed by atoms with van der Waals surface area (Å²) in [5.74, 6) is 0.636. The summed E-state index contributed by atoms with van der Waals surface area (Å²) in [4.78, 5) is 12.0. The topological polar surface area (TPSA) is 41.1 Å². The zero-order chi connectivity index (χ0) is 13.8. The lowest BCUT2D eigenvalue weighted by Gasteiger charge is -2.40. The third kappa shape index (κ3) is 4.60. The summed E-state index contributed by atoms with van der Waals surface area (Å²) in [6.07, 6.45) is 5.04. The van der Waals surface area contributed by atoms with Crippen molar-refractivity contribution in [2.45, 2.75) is 72.4 Å². The summed E-state index contributed by atoms with van der Waals surface area (Å²) in [6.45, 7) is 11.6. The molecule has 2 N–H and O–H groups in total. The first-order valence-corrected chi connectivity index (χ1v) is 7.36. The van der Waals surface area contributed by atoms with Crippen molar-refractivity contribution >= 4 is 5.91 Å². The van der Waals surface area contributed by atoms with Gasteiger partial charge in [0.1, 0.15) is 0 Å². The Balaban J connectivity index is 2.42. The SMILES string of the molecule is CC(C)CNC(=O)C(C)NC1CCCCC1(C)C. The predicted octanol–water partition coefficient (Wildman–Crippen LogP) is 2.71. The second-order valence-electron chi connectivity index (χ2n) is 6.81. The van der Waals surface area contributed by atoms with Gasteiger partial charge < -0.3 is 10.6 Å². The van der Waals surface area contributed by atoms with Crippen molar-refractivity contribution in [1.29, 1.82) is 0 Å². The fourth-order valence-corrected chi connectivity index (χ4v) is 2.64. The zero-order valence-corrected chi connectivity index (χ0v) is 12.7. The van der Waals surface area contributed by atoms with Crippen molar-refractivity contribution in [3.05, 3.63) is 0 Å². The monoisotopic (exact) mass is 254 g/mol. The maximum atomic E-state index is 12.0. The molecule has 1 amide bonds. The van der Waals surface area contributed by atoms with E-state index in [1.165, 1.54) is 25.7 Å². The third-order valence-electron chi connectivity index (χ3n) is 4.04. The number of nitrogens with one attached hydrogen (secondary N) is 2. The summed E-state index contributed by atoms with van der Waals surface area (Å²) in [6, 6.07) is 0.372. The van der Waals surface area contributed by atoms with Crippen LogP contribution in [-0.2, 0) is 4.79 Å². The molecule has 3 nitrogen and oxygen atoms in total. The van der Waals surface area contributed by atoms with Crippen LogP contribution in [0.25, 0.3) is 0 Å². The van der Waals surface area contributed by atoms with Crippen molar-refractivity contribution in [2.24, 2.45) is 11.3 Å². The molecule has 0 aromatic carbocycles. The molecule has 0 aromatic rings. The number of amides is 1. The van der Waals surface area contributed by atoms with Crippen molar-refractivity contribution < 1.29 is 4.79 Å².